The Morgan fingerprint density at radius 2 is 2.12 bits per heavy atom. The average molecular weight is 248 g/mol. The van der Waals surface area contributed by atoms with Crippen molar-refractivity contribution in [3.63, 3.8) is 0 Å². The summed E-state index contributed by atoms with van der Waals surface area (Å²) in [5.41, 5.74) is 0. The van der Waals surface area contributed by atoms with Crippen LogP contribution in [0.4, 0.5) is 0 Å². The molecule has 0 rings (SSSR count). The molecule has 1 amide bonds. The number of likely N-dealkylation sites (N-methyl/N-ethyl adjacent to an activating group) is 1. The fraction of sp³-hybridized carbons (Fsp3) is 0.667. The first-order valence-electron chi connectivity index (χ1n) is 4.80. The minimum atomic E-state index is -1.00. The molecule has 6 nitrogen and oxygen atoms in total. The monoisotopic (exact) mass is 248 g/mol. The van der Waals surface area contributed by atoms with Gasteiger partial charge in [0.05, 0.1) is 6.04 Å². The van der Waals surface area contributed by atoms with Gasteiger partial charge >= 0.3 is 5.97 Å². The molecule has 0 fully saturated rings. The predicted octanol–water partition coefficient (Wildman–Crippen LogP) is -0.947. The van der Waals surface area contributed by atoms with Crippen molar-refractivity contribution in [2.45, 2.75) is 24.9 Å². The summed E-state index contributed by atoms with van der Waals surface area (Å²) in [6, 6.07) is -1.37. The van der Waals surface area contributed by atoms with E-state index in [4.69, 9.17) is 5.11 Å². The number of amides is 1. The van der Waals surface area contributed by atoms with E-state index in [0.29, 0.717) is 6.29 Å². The molecule has 0 aliphatic rings. The molecule has 0 spiro atoms. The summed E-state index contributed by atoms with van der Waals surface area (Å²) in [5, 5.41) is 13.7. The highest BCUT2D eigenvalue weighted by Gasteiger charge is 2.17. The van der Waals surface area contributed by atoms with E-state index < -0.39 is 18.1 Å². The number of carbonyl (C=O) groups is 3. The van der Waals surface area contributed by atoms with E-state index in [9.17, 15) is 14.4 Å². The van der Waals surface area contributed by atoms with Gasteiger partial charge in [0.1, 0.15) is 12.3 Å². The zero-order valence-electron chi connectivity index (χ0n) is 8.97. The smallest absolute Gasteiger partial charge is 0.320 e. The van der Waals surface area contributed by atoms with Crippen LogP contribution in [0.2, 0.25) is 0 Å². The first-order valence-corrected chi connectivity index (χ1v) is 5.44. The van der Waals surface area contributed by atoms with Gasteiger partial charge in [-0.3, -0.25) is 9.59 Å². The fourth-order valence-electron chi connectivity index (χ4n) is 1.07. The predicted molar refractivity (Wildman–Crippen MR) is 61.6 cm³/mol. The van der Waals surface area contributed by atoms with Gasteiger partial charge in [0, 0.05) is 12.2 Å². The van der Waals surface area contributed by atoms with E-state index in [2.05, 4.69) is 23.3 Å². The van der Waals surface area contributed by atoms with E-state index in [1.165, 1.54) is 7.05 Å². The number of carboxylic acid groups (broad SMARTS) is 1. The summed E-state index contributed by atoms with van der Waals surface area (Å²) in [5.74, 6) is -1.13. The first-order chi connectivity index (χ1) is 7.54. The molecule has 0 aromatic rings. The van der Waals surface area contributed by atoms with Gasteiger partial charge in [-0.2, -0.15) is 12.6 Å². The Hall–Kier alpha value is -1.08. The van der Waals surface area contributed by atoms with Crippen LogP contribution in [0.3, 0.4) is 0 Å². The van der Waals surface area contributed by atoms with E-state index in [1.807, 2.05) is 0 Å². The normalized spacial score (nSPS) is 13.9. The summed E-state index contributed by atoms with van der Waals surface area (Å²) in [6.45, 7) is 0. The molecule has 0 aromatic carbocycles. The summed E-state index contributed by atoms with van der Waals surface area (Å²) in [4.78, 5) is 32.3. The number of hydrogen-bond acceptors (Lipinski definition) is 5. The van der Waals surface area contributed by atoms with Gasteiger partial charge in [0.2, 0.25) is 5.91 Å². The minimum Gasteiger partial charge on any atom is -0.480 e. The summed E-state index contributed by atoms with van der Waals surface area (Å²) in [6.07, 6.45) is 0.823. The quantitative estimate of drug-likeness (QED) is 0.328. The van der Waals surface area contributed by atoms with Crippen molar-refractivity contribution in [1.82, 2.24) is 10.6 Å². The molecule has 92 valence electrons. The van der Waals surface area contributed by atoms with Crippen molar-refractivity contribution in [3.05, 3.63) is 0 Å². The molecule has 0 radical (unpaired) electrons. The molecule has 16 heavy (non-hydrogen) atoms. The van der Waals surface area contributed by atoms with Crippen LogP contribution < -0.4 is 10.6 Å². The summed E-state index contributed by atoms with van der Waals surface area (Å²) in [7, 11) is 1.51. The number of aliphatic carboxylic acids is 1. The highest BCUT2D eigenvalue weighted by atomic mass is 32.1. The average Bonchev–Trinajstić information content (AvgIpc) is 2.26. The lowest BCUT2D eigenvalue weighted by Gasteiger charge is -2.12. The second kappa shape index (κ2) is 8.12. The van der Waals surface area contributed by atoms with Gasteiger partial charge in [-0.25, -0.2) is 0 Å². The van der Waals surface area contributed by atoms with Crippen LogP contribution in [0, 0.1) is 0 Å². The third kappa shape index (κ3) is 5.72. The molecule has 0 aliphatic carbocycles. The molecule has 0 heterocycles. The molecule has 3 N–H and O–H groups in total. The maximum absolute atomic E-state index is 11.3. The van der Waals surface area contributed by atoms with Crippen molar-refractivity contribution in [3.8, 4) is 0 Å². The van der Waals surface area contributed by atoms with Gasteiger partial charge in [-0.15, -0.1) is 0 Å². The molecule has 0 saturated heterocycles. The highest BCUT2D eigenvalue weighted by Crippen LogP contribution is 1.98. The fourth-order valence-corrected chi connectivity index (χ4v) is 1.25. The van der Waals surface area contributed by atoms with Crippen molar-refractivity contribution >= 4 is 30.8 Å². The largest absolute Gasteiger partial charge is 0.480 e. The molecular formula is C9H16N2O4S. The first kappa shape index (κ1) is 14.9. The Kier molecular flexibility index (Phi) is 7.57. The van der Waals surface area contributed by atoms with Gasteiger partial charge in [-0.05, 0) is 13.5 Å². The van der Waals surface area contributed by atoms with Gasteiger partial charge < -0.3 is 20.5 Å². The lowest BCUT2D eigenvalue weighted by molar-refractivity contribution is -0.139. The van der Waals surface area contributed by atoms with Crippen molar-refractivity contribution in [1.29, 1.82) is 0 Å². The number of carboxylic acids is 1. The Balaban J connectivity index is 3.96. The molecule has 2 atom stereocenters. The zero-order valence-corrected chi connectivity index (χ0v) is 9.87. The maximum Gasteiger partial charge on any atom is 0.320 e. The highest BCUT2D eigenvalue weighted by molar-refractivity contribution is 7.80. The molecule has 0 aliphatic heterocycles. The van der Waals surface area contributed by atoms with Crippen LogP contribution in [-0.4, -0.2) is 48.2 Å². The Bertz CT molecular complexity index is 260. The zero-order chi connectivity index (χ0) is 12.6. The van der Waals surface area contributed by atoms with Crippen molar-refractivity contribution < 1.29 is 19.5 Å². The van der Waals surface area contributed by atoms with E-state index in [0.717, 1.165) is 0 Å². The van der Waals surface area contributed by atoms with Gasteiger partial charge in [-0.1, -0.05) is 0 Å². The lowest BCUT2D eigenvalue weighted by Crippen LogP contribution is -2.39. The van der Waals surface area contributed by atoms with Crippen molar-refractivity contribution in [2.24, 2.45) is 0 Å². The second-order valence-corrected chi connectivity index (χ2v) is 3.58. The van der Waals surface area contributed by atoms with E-state index in [-0.39, 0.29) is 24.5 Å². The van der Waals surface area contributed by atoms with E-state index >= 15 is 0 Å². The lowest BCUT2D eigenvalue weighted by atomic mass is 10.1. The van der Waals surface area contributed by atoms with Gasteiger partial charge in [0.25, 0.3) is 0 Å². The van der Waals surface area contributed by atoms with Crippen LogP contribution in [0.15, 0.2) is 0 Å². The van der Waals surface area contributed by atoms with Crippen LogP contribution >= 0.6 is 12.6 Å². The number of aldehydes is 1. The third-order valence-corrected chi connectivity index (χ3v) is 2.41. The molecule has 0 saturated carbocycles. The maximum atomic E-state index is 11.3. The van der Waals surface area contributed by atoms with Crippen molar-refractivity contribution in [2.75, 3.05) is 12.8 Å². The second-order valence-electron chi connectivity index (χ2n) is 3.21. The van der Waals surface area contributed by atoms with Crippen LogP contribution in [0.5, 0.6) is 0 Å². The third-order valence-electron chi connectivity index (χ3n) is 2.01. The van der Waals surface area contributed by atoms with E-state index in [1.54, 1.807) is 0 Å². The molecular weight excluding hydrogens is 232 g/mol. The minimum absolute atomic E-state index is 0.0515. The summed E-state index contributed by atoms with van der Waals surface area (Å²) < 4.78 is 0. The number of rotatable bonds is 8. The van der Waals surface area contributed by atoms with Gasteiger partial charge in [0.15, 0.2) is 0 Å². The Labute approximate surface area is 99.2 Å². The molecule has 2 unspecified atom stereocenters. The Morgan fingerprint density at radius 1 is 1.50 bits per heavy atom. The SMILES string of the molecule is CNC(CCC(=O)NC(C=O)CS)C(=O)O. The van der Waals surface area contributed by atoms with Crippen LogP contribution in [0.1, 0.15) is 12.8 Å². The number of hydrogen-bond donors (Lipinski definition) is 4. The molecule has 0 bridgehead atoms. The Morgan fingerprint density at radius 3 is 2.50 bits per heavy atom. The summed E-state index contributed by atoms with van der Waals surface area (Å²) >= 11 is 3.88. The number of thiol groups is 1. The molecule has 7 heteroatoms. The topological polar surface area (TPSA) is 95.5 Å². The van der Waals surface area contributed by atoms with Crippen LogP contribution in [0.25, 0.3) is 0 Å². The van der Waals surface area contributed by atoms with Crippen LogP contribution in [-0.2, 0) is 14.4 Å². The number of nitrogens with one attached hydrogen (secondary N) is 2. The number of carbonyl (C=O) groups excluding carboxylic acids is 2. The molecule has 0 aromatic heterocycles. The standard InChI is InChI=1S/C9H16N2O4S/c1-10-7(9(14)15)2-3-8(13)11-6(4-12)5-16/h4,6-7,10,16H,2-3,5H2,1H3,(H,11,13)(H,14,15).